The predicted molar refractivity (Wildman–Crippen MR) is 111 cm³/mol. The molecule has 1 aliphatic rings. The van der Waals surface area contributed by atoms with E-state index < -0.39 is 17.7 Å². The number of carbonyl (C=O) groups is 1. The first-order chi connectivity index (χ1) is 14.1. The third-order valence-corrected chi connectivity index (χ3v) is 5.63. The zero-order valence-electron chi connectivity index (χ0n) is 17.1. The van der Waals surface area contributed by atoms with Crippen molar-refractivity contribution in [2.75, 3.05) is 20.6 Å². The van der Waals surface area contributed by atoms with E-state index in [0.717, 1.165) is 36.6 Å². The second-order valence-corrected chi connectivity index (χ2v) is 8.23. The molecule has 1 aliphatic carbocycles. The molecule has 1 N–H and O–H groups in total. The average molecular weight is 417 g/mol. The number of carboxylic acids is 1. The minimum absolute atomic E-state index is 0.0163. The number of hydrogen-bond donors (Lipinski definition) is 1. The molecule has 0 spiro atoms. The lowest BCUT2D eigenvalue weighted by molar-refractivity contribution is -0.137. The van der Waals surface area contributed by atoms with E-state index in [-0.39, 0.29) is 17.4 Å². The highest BCUT2D eigenvalue weighted by Crippen LogP contribution is 2.42. The van der Waals surface area contributed by atoms with Gasteiger partial charge in [0, 0.05) is 6.54 Å². The van der Waals surface area contributed by atoms with Crippen molar-refractivity contribution in [1.82, 2.24) is 4.90 Å². The van der Waals surface area contributed by atoms with E-state index in [2.05, 4.69) is 4.90 Å². The molecule has 0 saturated heterocycles. The van der Waals surface area contributed by atoms with Gasteiger partial charge in [-0.3, -0.25) is 0 Å². The molecule has 2 atom stereocenters. The molecule has 2 aromatic rings. The molecule has 3 rings (SSSR count). The first kappa shape index (κ1) is 22.1. The molecule has 6 heteroatoms. The summed E-state index contributed by atoms with van der Waals surface area (Å²) in [6, 6.07) is 12.4. The number of hydrogen-bond acceptors (Lipinski definition) is 2. The van der Waals surface area contributed by atoms with E-state index in [1.165, 1.54) is 12.1 Å². The molecule has 30 heavy (non-hydrogen) atoms. The molecule has 0 aliphatic heterocycles. The van der Waals surface area contributed by atoms with Gasteiger partial charge in [-0.05, 0) is 74.5 Å². The number of allylic oxidation sites excluding steroid dienone is 1. The maximum absolute atomic E-state index is 13.2. The number of halogens is 3. The van der Waals surface area contributed by atoms with Crippen molar-refractivity contribution in [3.05, 3.63) is 76.4 Å². The number of nitrogens with zero attached hydrogens (tertiary/aromatic N) is 1. The fourth-order valence-electron chi connectivity index (χ4n) is 4.27. The number of benzene rings is 2. The Labute approximate surface area is 174 Å². The Kier molecular flexibility index (Phi) is 6.66. The van der Waals surface area contributed by atoms with E-state index in [4.69, 9.17) is 0 Å². The van der Waals surface area contributed by atoms with Crippen LogP contribution in [0.1, 0.15) is 52.2 Å². The van der Waals surface area contributed by atoms with Gasteiger partial charge < -0.3 is 10.0 Å². The first-order valence-electron chi connectivity index (χ1n) is 9.98. The molecule has 0 bridgehead atoms. The Morgan fingerprint density at radius 2 is 1.90 bits per heavy atom. The number of alkyl halides is 3. The Bertz CT molecular complexity index is 934. The Morgan fingerprint density at radius 1 is 1.17 bits per heavy atom. The molecule has 2 unspecified atom stereocenters. The van der Waals surface area contributed by atoms with Crippen LogP contribution >= 0.6 is 0 Å². The Hall–Kier alpha value is -2.60. The van der Waals surface area contributed by atoms with Crippen molar-refractivity contribution in [3.63, 3.8) is 0 Å². The van der Waals surface area contributed by atoms with Crippen LogP contribution in [0.25, 0.3) is 6.08 Å². The molecule has 2 aromatic carbocycles. The summed E-state index contributed by atoms with van der Waals surface area (Å²) in [5, 5.41) is 9.20. The highest BCUT2D eigenvalue weighted by atomic mass is 19.4. The molecule has 0 aromatic heterocycles. The van der Waals surface area contributed by atoms with Gasteiger partial charge in [0.25, 0.3) is 0 Å². The van der Waals surface area contributed by atoms with Crippen LogP contribution in [-0.2, 0) is 6.18 Å². The summed E-state index contributed by atoms with van der Waals surface area (Å²) in [7, 11) is 3.96. The van der Waals surface area contributed by atoms with Crippen LogP contribution < -0.4 is 0 Å². The summed E-state index contributed by atoms with van der Waals surface area (Å²) in [4.78, 5) is 13.3. The SMILES string of the molecule is CN(C)CC1CCC(=Cc2cccc(C(=O)O)c2)CC1c1cccc(C(F)(F)F)c1. The lowest BCUT2D eigenvalue weighted by Gasteiger charge is -2.35. The summed E-state index contributed by atoms with van der Waals surface area (Å²) in [5.41, 5.74) is 2.25. The van der Waals surface area contributed by atoms with Crippen LogP contribution in [0.5, 0.6) is 0 Å². The highest BCUT2D eigenvalue weighted by molar-refractivity contribution is 5.88. The molecule has 0 radical (unpaired) electrons. The highest BCUT2D eigenvalue weighted by Gasteiger charge is 2.33. The summed E-state index contributed by atoms with van der Waals surface area (Å²) < 4.78 is 39.7. The minimum atomic E-state index is -4.36. The summed E-state index contributed by atoms with van der Waals surface area (Å²) in [5.74, 6) is -0.741. The topological polar surface area (TPSA) is 40.5 Å². The molecule has 0 amide bonds. The van der Waals surface area contributed by atoms with Crippen LogP contribution in [0.4, 0.5) is 13.2 Å². The van der Waals surface area contributed by atoms with E-state index in [9.17, 15) is 23.1 Å². The van der Waals surface area contributed by atoms with Crippen LogP contribution in [0.15, 0.2) is 54.1 Å². The molecule has 1 fully saturated rings. The van der Waals surface area contributed by atoms with Crippen molar-refractivity contribution in [1.29, 1.82) is 0 Å². The van der Waals surface area contributed by atoms with Crippen LogP contribution in [0.3, 0.4) is 0 Å². The number of rotatable bonds is 5. The van der Waals surface area contributed by atoms with Gasteiger partial charge in [0.2, 0.25) is 0 Å². The standard InChI is InChI=1S/C24H26F3NO2/c1-28(2)15-20-10-9-17(11-16-5-3-7-19(12-16)23(29)30)13-22(20)18-6-4-8-21(14-18)24(25,26)27/h3-8,11-12,14,20,22H,9-10,13,15H2,1-2H3,(H,29,30). The molecule has 160 valence electrons. The molecule has 3 nitrogen and oxygen atoms in total. The quantitative estimate of drug-likeness (QED) is 0.655. The first-order valence-corrected chi connectivity index (χ1v) is 9.98. The van der Waals surface area contributed by atoms with Gasteiger partial charge in [-0.25, -0.2) is 4.79 Å². The van der Waals surface area contributed by atoms with Crippen molar-refractivity contribution in [2.24, 2.45) is 5.92 Å². The normalized spacial score (nSPS) is 21.2. The van der Waals surface area contributed by atoms with Gasteiger partial charge in [-0.15, -0.1) is 0 Å². The summed E-state index contributed by atoms with van der Waals surface area (Å²) >= 11 is 0. The third kappa shape index (κ3) is 5.51. The maximum Gasteiger partial charge on any atom is 0.416 e. The number of aromatic carboxylic acids is 1. The smallest absolute Gasteiger partial charge is 0.416 e. The zero-order valence-corrected chi connectivity index (χ0v) is 17.1. The van der Waals surface area contributed by atoms with E-state index in [1.807, 2.05) is 26.2 Å². The van der Waals surface area contributed by atoms with E-state index in [0.29, 0.717) is 12.0 Å². The number of carboxylic acid groups (broad SMARTS) is 1. The molecule has 0 heterocycles. The van der Waals surface area contributed by atoms with Crippen molar-refractivity contribution < 1.29 is 23.1 Å². The van der Waals surface area contributed by atoms with Crippen molar-refractivity contribution in [3.8, 4) is 0 Å². The Morgan fingerprint density at radius 3 is 2.57 bits per heavy atom. The van der Waals surface area contributed by atoms with Gasteiger partial charge in [0.05, 0.1) is 11.1 Å². The predicted octanol–water partition coefficient (Wildman–Crippen LogP) is 5.93. The zero-order chi connectivity index (χ0) is 21.9. The summed E-state index contributed by atoms with van der Waals surface area (Å²) in [6.45, 7) is 0.808. The lowest BCUT2D eigenvalue weighted by Crippen LogP contribution is -2.29. The third-order valence-electron chi connectivity index (χ3n) is 5.63. The second-order valence-electron chi connectivity index (χ2n) is 8.23. The minimum Gasteiger partial charge on any atom is -0.478 e. The van der Waals surface area contributed by atoms with Crippen LogP contribution in [-0.4, -0.2) is 36.6 Å². The monoisotopic (exact) mass is 417 g/mol. The van der Waals surface area contributed by atoms with Gasteiger partial charge in [-0.1, -0.05) is 42.0 Å². The molecule has 1 saturated carbocycles. The largest absolute Gasteiger partial charge is 0.478 e. The second kappa shape index (κ2) is 9.04. The fraction of sp³-hybridized carbons (Fsp3) is 0.375. The van der Waals surface area contributed by atoms with Crippen molar-refractivity contribution in [2.45, 2.75) is 31.4 Å². The lowest BCUT2D eigenvalue weighted by atomic mass is 9.72. The van der Waals surface area contributed by atoms with Crippen LogP contribution in [0.2, 0.25) is 0 Å². The maximum atomic E-state index is 13.2. The van der Waals surface area contributed by atoms with Gasteiger partial charge in [0.1, 0.15) is 0 Å². The van der Waals surface area contributed by atoms with Crippen molar-refractivity contribution >= 4 is 12.0 Å². The Balaban J connectivity index is 1.92. The average Bonchev–Trinajstić information content (AvgIpc) is 2.68. The molecular formula is C24H26F3NO2. The van der Waals surface area contributed by atoms with Gasteiger partial charge >= 0.3 is 12.1 Å². The van der Waals surface area contributed by atoms with E-state index in [1.54, 1.807) is 24.3 Å². The summed E-state index contributed by atoms with van der Waals surface area (Å²) in [6.07, 6.45) is 0.0164. The fourth-order valence-corrected chi connectivity index (χ4v) is 4.27. The van der Waals surface area contributed by atoms with Crippen LogP contribution in [0, 0.1) is 5.92 Å². The molecular weight excluding hydrogens is 391 g/mol. The van der Waals surface area contributed by atoms with E-state index >= 15 is 0 Å². The van der Waals surface area contributed by atoms with Gasteiger partial charge in [-0.2, -0.15) is 13.2 Å². The van der Waals surface area contributed by atoms with Gasteiger partial charge in [0.15, 0.2) is 0 Å².